The summed E-state index contributed by atoms with van der Waals surface area (Å²) in [4.78, 5) is 29.0. The topological polar surface area (TPSA) is 66.6 Å². The lowest BCUT2D eigenvalue weighted by atomic mass is 9.89. The van der Waals surface area contributed by atoms with Crippen molar-refractivity contribution in [3.05, 3.63) is 35.9 Å². The fourth-order valence-corrected chi connectivity index (χ4v) is 4.37. The number of rotatable bonds is 5. The van der Waals surface area contributed by atoms with Crippen molar-refractivity contribution in [2.45, 2.75) is 38.5 Å². The molecule has 2 N–H and O–H groups in total. The highest BCUT2D eigenvalue weighted by Gasteiger charge is 2.38. The molecule has 5 nitrogen and oxygen atoms in total. The summed E-state index contributed by atoms with van der Waals surface area (Å²) in [6, 6.07) is 10.4. The van der Waals surface area contributed by atoms with Gasteiger partial charge in [0.15, 0.2) is 0 Å². The van der Waals surface area contributed by atoms with Crippen LogP contribution >= 0.6 is 0 Å². The van der Waals surface area contributed by atoms with Crippen LogP contribution in [0.5, 0.6) is 0 Å². The summed E-state index contributed by atoms with van der Waals surface area (Å²) < 4.78 is 0. The van der Waals surface area contributed by atoms with Crippen LogP contribution in [-0.2, 0) is 9.59 Å². The fraction of sp³-hybridized carbons (Fsp3) is 0.619. The van der Waals surface area contributed by atoms with Crippen molar-refractivity contribution >= 4 is 11.8 Å². The monoisotopic (exact) mass is 357 g/mol. The highest BCUT2D eigenvalue weighted by molar-refractivity contribution is 5.80. The van der Waals surface area contributed by atoms with Crippen molar-refractivity contribution in [2.24, 2.45) is 17.6 Å². The zero-order chi connectivity index (χ0) is 18.5. The predicted octanol–water partition coefficient (Wildman–Crippen LogP) is 2.23. The van der Waals surface area contributed by atoms with Gasteiger partial charge in [0.05, 0.1) is 0 Å². The second-order valence-corrected chi connectivity index (χ2v) is 7.66. The molecule has 0 aliphatic carbocycles. The summed E-state index contributed by atoms with van der Waals surface area (Å²) >= 11 is 0. The maximum absolute atomic E-state index is 13.0. The van der Waals surface area contributed by atoms with Crippen LogP contribution in [-0.4, -0.2) is 54.3 Å². The van der Waals surface area contributed by atoms with Crippen LogP contribution in [0.2, 0.25) is 0 Å². The SMILES string of the molecule is CCCC(=O)N1CCC(C(=O)N2C[C@@H](CN)[C@H](c3ccccc3)C2)CC1. The largest absolute Gasteiger partial charge is 0.343 e. The second kappa shape index (κ2) is 8.67. The number of carbonyl (C=O) groups excluding carboxylic acids is 2. The molecule has 142 valence electrons. The van der Waals surface area contributed by atoms with E-state index < -0.39 is 0 Å². The van der Waals surface area contributed by atoms with E-state index in [0.29, 0.717) is 37.9 Å². The molecule has 0 bridgehead atoms. The average Bonchev–Trinajstić information content (AvgIpc) is 3.13. The summed E-state index contributed by atoms with van der Waals surface area (Å²) in [5.41, 5.74) is 7.28. The molecular weight excluding hydrogens is 326 g/mol. The van der Waals surface area contributed by atoms with Crippen molar-refractivity contribution in [2.75, 3.05) is 32.7 Å². The van der Waals surface area contributed by atoms with Gasteiger partial charge in [-0.25, -0.2) is 0 Å². The summed E-state index contributed by atoms with van der Waals surface area (Å²) in [6.07, 6.45) is 3.07. The van der Waals surface area contributed by atoms with Crippen LogP contribution in [0.1, 0.15) is 44.1 Å². The maximum atomic E-state index is 13.0. The number of nitrogens with zero attached hydrogens (tertiary/aromatic N) is 2. The first-order valence-corrected chi connectivity index (χ1v) is 9.95. The van der Waals surface area contributed by atoms with Gasteiger partial charge in [-0.1, -0.05) is 37.3 Å². The van der Waals surface area contributed by atoms with E-state index in [0.717, 1.165) is 32.4 Å². The van der Waals surface area contributed by atoms with Gasteiger partial charge in [-0.05, 0) is 37.3 Å². The second-order valence-electron chi connectivity index (χ2n) is 7.66. The summed E-state index contributed by atoms with van der Waals surface area (Å²) in [5.74, 6) is 1.19. The van der Waals surface area contributed by atoms with Gasteiger partial charge in [-0.3, -0.25) is 9.59 Å². The van der Waals surface area contributed by atoms with Gasteiger partial charge < -0.3 is 15.5 Å². The number of piperidine rings is 1. The smallest absolute Gasteiger partial charge is 0.225 e. The summed E-state index contributed by atoms with van der Waals surface area (Å²) in [5, 5.41) is 0. The zero-order valence-electron chi connectivity index (χ0n) is 15.8. The Kier molecular flexibility index (Phi) is 6.30. The Morgan fingerprint density at radius 3 is 2.38 bits per heavy atom. The Morgan fingerprint density at radius 1 is 1.08 bits per heavy atom. The Morgan fingerprint density at radius 2 is 1.77 bits per heavy atom. The predicted molar refractivity (Wildman–Crippen MR) is 103 cm³/mol. The van der Waals surface area contributed by atoms with Crippen LogP contribution < -0.4 is 5.73 Å². The molecule has 2 amide bonds. The standard InChI is InChI=1S/C21H31N3O2/c1-2-6-20(25)23-11-9-17(10-12-23)21(26)24-14-18(13-22)19(15-24)16-7-4-3-5-8-16/h3-5,7-8,17-19H,2,6,9-15,22H2,1H3/t18-,19+/m1/s1. The molecule has 0 aromatic heterocycles. The molecular formula is C21H31N3O2. The Labute approximate surface area is 156 Å². The number of hydrogen-bond donors (Lipinski definition) is 1. The molecule has 2 atom stereocenters. The van der Waals surface area contributed by atoms with Gasteiger partial charge in [0.2, 0.25) is 11.8 Å². The van der Waals surface area contributed by atoms with Crippen molar-refractivity contribution in [1.82, 2.24) is 9.80 Å². The van der Waals surface area contributed by atoms with E-state index in [-0.39, 0.29) is 17.7 Å². The number of nitrogens with two attached hydrogens (primary N) is 1. The van der Waals surface area contributed by atoms with Gasteiger partial charge in [-0.15, -0.1) is 0 Å². The number of benzene rings is 1. The molecule has 0 saturated carbocycles. The van der Waals surface area contributed by atoms with Crippen LogP contribution in [0.3, 0.4) is 0 Å². The van der Waals surface area contributed by atoms with E-state index in [4.69, 9.17) is 5.73 Å². The molecule has 2 aliphatic rings. The number of hydrogen-bond acceptors (Lipinski definition) is 3. The van der Waals surface area contributed by atoms with Crippen molar-refractivity contribution < 1.29 is 9.59 Å². The Hall–Kier alpha value is -1.88. The first-order chi connectivity index (χ1) is 12.6. The molecule has 2 heterocycles. The van der Waals surface area contributed by atoms with E-state index in [1.165, 1.54) is 5.56 Å². The van der Waals surface area contributed by atoms with Gasteiger partial charge in [0.25, 0.3) is 0 Å². The molecule has 1 aromatic rings. The molecule has 2 saturated heterocycles. The summed E-state index contributed by atoms with van der Waals surface area (Å²) in [6.45, 7) is 5.58. The molecule has 3 rings (SSSR count). The minimum Gasteiger partial charge on any atom is -0.343 e. The zero-order valence-corrected chi connectivity index (χ0v) is 15.8. The first-order valence-electron chi connectivity index (χ1n) is 9.95. The lowest BCUT2D eigenvalue weighted by Crippen LogP contribution is -2.44. The van der Waals surface area contributed by atoms with Gasteiger partial charge >= 0.3 is 0 Å². The van der Waals surface area contributed by atoms with Crippen molar-refractivity contribution in [1.29, 1.82) is 0 Å². The fourth-order valence-electron chi connectivity index (χ4n) is 4.37. The maximum Gasteiger partial charge on any atom is 0.225 e. The van der Waals surface area contributed by atoms with E-state index in [1.54, 1.807) is 0 Å². The highest BCUT2D eigenvalue weighted by atomic mass is 16.2. The van der Waals surface area contributed by atoms with Gasteiger partial charge in [0.1, 0.15) is 0 Å². The minimum absolute atomic E-state index is 0.0497. The number of likely N-dealkylation sites (tertiary alicyclic amines) is 2. The van der Waals surface area contributed by atoms with Crippen LogP contribution in [0, 0.1) is 11.8 Å². The third kappa shape index (κ3) is 4.09. The van der Waals surface area contributed by atoms with Crippen molar-refractivity contribution in [3.8, 4) is 0 Å². The van der Waals surface area contributed by atoms with Crippen LogP contribution in [0.25, 0.3) is 0 Å². The molecule has 0 unspecified atom stereocenters. The van der Waals surface area contributed by atoms with Crippen LogP contribution in [0.4, 0.5) is 0 Å². The molecule has 5 heteroatoms. The minimum atomic E-state index is 0.0497. The number of amides is 2. The highest BCUT2D eigenvalue weighted by Crippen LogP contribution is 2.33. The molecule has 0 spiro atoms. The average molecular weight is 357 g/mol. The first kappa shape index (κ1) is 18.9. The lowest BCUT2D eigenvalue weighted by Gasteiger charge is -2.33. The molecule has 26 heavy (non-hydrogen) atoms. The molecule has 1 aromatic carbocycles. The van der Waals surface area contributed by atoms with E-state index in [1.807, 2.05) is 22.8 Å². The molecule has 2 fully saturated rings. The Bertz CT molecular complexity index is 611. The number of carbonyl (C=O) groups is 2. The van der Waals surface area contributed by atoms with Crippen LogP contribution in [0.15, 0.2) is 30.3 Å². The van der Waals surface area contributed by atoms with E-state index in [9.17, 15) is 9.59 Å². The third-order valence-corrected chi connectivity index (χ3v) is 5.94. The third-order valence-electron chi connectivity index (χ3n) is 5.94. The van der Waals surface area contributed by atoms with Crippen molar-refractivity contribution in [3.63, 3.8) is 0 Å². The molecule has 2 aliphatic heterocycles. The Balaban J connectivity index is 1.58. The quantitative estimate of drug-likeness (QED) is 0.879. The molecule has 0 radical (unpaired) electrons. The summed E-state index contributed by atoms with van der Waals surface area (Å²) in [7, 11) is 0. The van der Waals surface area contributed by atoms with Gasteiger partial charge in [0, 0.05) is 44.4 Å². The normalized spacial score (nSPS) is 24.1. The van der Waals surface area contributed by atoms with E-state index in [2.05, 4.69) is 24.3 Å². The lowest BCUT2D eigenvalue weighted by molar-refractivity contribution is -0.140. The van der Waals surface area contributed by atoms with Gasteiger partial charge in [-0.2, -0.15) is 0 Å². The van der Waals surface area contributed by atoms with E-state index >= 15 is 0 Å².